The molecule has 0 aliphatic carbocycles. The van der Waals surface area contributed by atoms with E-state index in [1.165, 1.54) is 6.07 Å². The van der Waals surface area contributed by atoms with E-state index in [2.05, 4.69) is 10.3 Å². The van der Waals surface area contributed by atoms with Crippen molar-refractivity contribution >= 4 is 12.0 Å². The van der Waals surface area contributed by atoms with Gasteiger partial charge in [-0.05, 0) is 37.8 Å². The molecule has 2 atom stereocenters. The zero-order valence-electron chi connectivity index (χ0n) is 19.0. The fourth-order valence-corrected chi connectivity index (χ4v) is 4.41. The zero-order valence-corrected chi connectivity index (χ0v) is 19.0. The van der Waals surface area contributed by atoms with Gasteiger partial charge in [0.05, 0.1) is 24.9 Å². The minimum atomic E-state index is -4.54. The monoisotopic (exact) mass is 480 g/mol. The van der Waals surface area contributed by atoms with Crippen LogP contribution in [-0.2, 0) is 24.1 Å². The lowest BCUT2D eigenvalue weighted by molar-refractivity contribution is -0.141. The van der Waals surface area contributed by atoms with E-state index in [1.54, 1.807) is 13.0 Å². The second kappa shape index (κ2) is 9.65. The van der Waals surface area contributed by atoms with E-state index in [-0.39, 0.29) is 24.3 Å². The highest BCUT2D eigenvalue weighted by Gasteiger charge is 2.33. The highest BCUT2D eigenvalue weighted by molar-refractivity contribution is 5.94. The Labute approximate surface area is 195 Å². The number of aromatic nitrogens is 2. The van der Waals surface area contributed by atoms with E-state index in [0.29, 0.717) is 43.1 Å². The number of nitrogens with zero attached hydrogens (tertiary/aromatic N) is 3. The Hall–Kier alpha value is -3.08. The summed E-state index contributed by atoms with van der Waals surface area (Å²) in [6, 6.07) is 3.28. The molecule has 4 heterocycles. The molecular formula is C23H27F3N4O4. The second-order valence-electron chi connectivity index (χ2n) is 8.50. The summed E-state index contributed by atoms with van der Waals surface area (Å²) in [5.74, 6) is 0.124. The van der Waals surface area contributed by atoms with E-state index in [1.807, 2.05) is 16.4 Å². The number of rotatable bonds is 5. The van der Waals surface area contributed by atoms with Crippen molar-refractivity contribution in [3.63, 3.8) is 0 Å². The number of halogens is 3. The molecule has 2 aromatic heterocycles. The summed E-state index contributed by atoms with van der Waals surface area (Å²) in [5.41, 5.74) is 0.474. The fraction of sp³-hybridized carbons (Fsp3) is 0.522. The van der Waals surface area contributed by atoms with Crippen LogP contribution in [0, 0.1) is 0 Å². The van der Waals surface area contributed by atoms with Gasteiger partial charge < -0.3 is 24.3 Å². The van der Waals surface area contributed by atoms with Crippen molar-refractivity contribution in [1.82, 2.24) is 19.8 Å². The van der Waals surface area contributed by atoms with Crippen LogP contribution in [0.1, 0.15) is 66.6 Å². The molecule has 0 spiro atoms. The Balaban J connectivity index is 1.50. The minimum Gasteiger partial charge on any atom is -0.408 e. The van der Waals surface area contributed by atoms with Crippen molar-refractivity contribution < 1.29 is 32.2 Å². The van der Waals surface area contributed by atoms with E-state index >= 15 is 0 Å². The summed E-state index contributed by atoms with van der Waals surface area (Å²) in [6.07, 6.45) is -1.91. The third-order valence-electron chi connectivity index (χ3n) is 6.28. The van der Waals surface area contributed by atoms with E-state index in [9.17, 15) is 22.8 Å². The summed E-state index contributed by atoms with van der Waals surface area (Å²) in [6.45, 7) is 5.60. The highest BCUT2D eigenvalue weighted by atomic mass is 19.4. The molecule has 1 N–H and O–H groups in total. The normalized spacial score (nSPS) is 19.0. The van der Waals surface area contributed by atoms with Gasteiger partial charge >= 0.3 is 12.3 Å². The largest absolute Gasteiger partial charge is 0.433 e. The van der Waals surface area contributed by atoms with Crippen LogP contribution in [0.2, 0.25) is 0 Å². The van der Waals surface area contributed by atoms with Gasteiger partial charge in [-0.2, -0.15) is 13.2 Å². The third kappa shape index (κ3) is 4.89. The maximum absolute atomic E-state index is 13.2. The van der Waals surface area contributed by atoms with Gasteiger partial charge in [-0.15, -0.1) is 0 Å². The highest BCUT2D eigenvalue weighted by Crippen LogP contribution is 2.31. The second-order valence-corrected chi connectivity index (χ2v) is 8.50. The molecule has 0 saturated carbocycles. The van der Waals surface area contributed by atoms with Crippen LogP contribution >= 0.6 is 0 Å². The third-order valence-corrected chi connectivity index (χ3v) is 6.28. The van der Waals surface area contributed by atoms with Crippen molar-refractivity contribution in [3.05, 3.63) is 47.0 Å². The molecule has 11 heteroatoms. The number of pyridine rings is 1. The van der Waals surface area contributed by atoms with Gasteiger partial charge in [0.1, 0.15) is 11.4 Å². The van der Waals surface area contributed by atoms with Crippen LogP contribution in [0.5, 0.6) is 5.75 Å². The number of fused-ring (bicyclic) bond motifs is 1. The SMILES string of the molecule is CC[C@@H](NC(=O)Oc1cc(C(=O)N2CCC[C@@H]2C)n2c1COCC2)c1ccc(C(F)(F)F)nc1. The summed E-state index contributed by atoms with van der Waals surface area (Å²) in [7, 11) is 0. The quantitative estimate of drug-likeness (QED) is 0.690. The average Bonchev–Trinajstić information content (AvgIpc) is 3.40. The number of hydrogen-bond acceptors (Lipinski definition) is 5. The minimum absolute atomic E-state index is 0.106. The van der Waals surface area contributed by atoms with Crippen molar-refractivity contribution in [2.45, 2.75) is 64.5 Å². The Morgan fingerprint density at radius 2 is 2.12 bits per heavy atom. The molecular weight excluding hydrogens is 453 g/mol. The Morgan fingerprint density at radius 1 is 1.32 bits per heavy atom. The Morgan fingerprint density at radius 3 is 2.74 bits per heavy atom. The molecule has 2 aromatic rings. The lowest BCUT2D eigenvalue weighted by Gasteiger charge is -2.24. The summed E-state index contributed by atoms with van der Waals surface area (Å²) in [5, 5.41) is 2.67. The maximum Gasteiger partial charge on any atom is 0.433 e. The van der Waals surface area contributed by atoms with Crippen LogP contribution in [0.15, 0.2) is 24.4 Å². The molecule has 34 heavy (non-hydrogen) atoms. The van der Waals surface area contributed by atoms with Gasteiger partial charge in [0.2, 0.25) is 0 Å². The molecule has 1 saturated heterocycles. The zero-order chi connectivity index (χ0) is 24.5. The van der Waals surface area contributed by atoms with Gasteiger partial charge in [-0.3, -0.25) is 9.78 Å². The van der Waals surface area contributed by atoms with Gasteiger partial charge in [0, 0.05) is 31.4 Å². The predicted molar refractivity (Wildman–Crippen MR) is 115 cm³/mol. The molecule has 8 nitrogen and oxygen atoms in total. The molecule has 184 valence electrons. The van der Waals surface area contributed by atoms with Gasteiger partial charge in [0.15, 0.2) is 5.75 Å². The summed E-state index contributed by atoms with van der Waals surface area (Å²) >= 11 is 0. The number of nitrogens with one attached hydrogen (secondary N) is 1. The van der Waals surface area contributed by atoms with E-state index in [0.717, 1.165) is 25.1 Å². The lowest BCUT2D eigenvalue weighted by Crippen LogP contribution is -2.35. The Kier molecular flexibility index (Phi) is 6.83. The summed E-state index contributed by atoms with van der Waals surface area (Å²) in [4.78, 5) is 31.1. The number of alkyl halides is 3. The number of ether oxygens (including phenoxy) is 2. The Bertz CT molecular complexity index is 1050. The van der Waals surface area contributed by atoms with Gasteiger partial charge in [-0.1, -0.05) is 13.0 Å². The molecule has 2 aliphatic rings. The maximum atomic E-state index is 13.2. The first kappa shape index (κ1) is 24.1. The first-order valence-corrected chi connectivity index (χ1v) is 11.3. The first-order valence-electron chi connectivity index (χ1n) is 11.3. The number of hydrogen-bond donors (Lipinski definition) is 1. The first-order chi connectivity index (χ1) is 16.2. The van der Waals surface area contributed by atoms with Crippen LogP contribution in [0.4, 0.5) is 18.0 Å². The van der Waals surface area contributed by atoms with Crippen molar-refractivity contribution in [1.29, 1.82) is 0 Å². The molecule has 0 bridgehead atoms. The molecule has 2 amide bonds. The van der Waals surface area contributed by atoms with Gasteiger partial charge in [0.25, 0.3) is 5.91 Å². The van der Waals surface area contributed by atoms with Gasteiger partial charge in [-0.25, -0.2) is 4.79 Å². The number of likely N-dealkylation sites (tertiary alicyclic amines) is 1. The number of amides is 2. The van der Waals surface area contributed by atoms with Crippen LogP contribution in [0.3, 0.4) is 0 Å². The molecule has 1 fully saturated rings. The molecule has 0 unspecified atom stereocenters. The molecule has 0 aromatic carbocycles. The lowest BCUT2D eigenvalue weighted by atomic mass is 10.1. The van der Waals surface area contributed by atoms with Crippen LogP contribution in [0.25, 0.3) is 0 Å². The van der Waals surface area contributed by atoms with Crippen molar-refractivity contribution in [2.24, 2.45) is 0 Å². The smallest absolute Gasteiger partial charge is 0.408 e. The fourth-order valence-electron chi connectivity index (χ4n) is 4.41. The predicted octanol–water partition coefficient (Wildman–Crippen LogP) is 4.30. The molecule has 2 aliphatic heterocycles. The standard InChI is InChI=1S/C23H27F3N4O4/c1-3-16(15-6-7-20(27-12-15)23(24,25)26)28-22(32)34-19-11-17(30-9-10-33-13-18(19)30)21(31)29-8-4-5-14(29)2/h6-7,11-12,14,16H,3-5,8-10,13H2,1-2H3,(H,28,32)/t14-,16+/m0/s1. The van der Waals surface area contributed by atoms with E-state index in [4.69, 9.17) is 9.47 Å². The number of carbonyl (C=O) groups is 2. The van der Waals surface area contributed by atoms with Crippen LogP contribution < -0.4 is 10.1 Å². The molecule has 4 rings (SSSR count). The van der Waals surface area contributed by atoms with E-state index < -0.39 is 24.0 Å². The number of carbonyl (C=O) groups excluding carboxylic acids is 2. The van der Waals surface area contributed by atoms with Crippen LogP contribution in [-0.4, -0.2) is 45.6 Å². The van der Waals surface area contributed by atoms with Crippen molar-refractivity contribution in [3.8, 4) is 5.75 Å². The summed E-state index contributed by atoms with van der Waals surface area (Å²) < 4.78 is 51.2. The average molecular weight is 480 g/mol. The van der Waals surface area contributed by atoms with Crippen molar-refractivity contribution in [2.75, 3.05) is 13.2 Å². The molecule has 0 radical (unpaired) electrons. The topological polar surface area (TPSA) is 85.7 Å².